The van der Waals surface area contributed by atoms with Crippen molar-refractivity contribution in [3.63, 3.8) is 0 Å². The molecule has 2 aromatic rings. The molecule has 1 aliphatic rings. The van der Waals surface area contributed by atoms with Crippen LogP contribution in [0, 0.1) is 5.92 Å². The number of aromatic nitrogens is 3. The quantitative estimate of drug-likeness (QED) is 0.873. The molecule has 0 aromatic carbocycles. The molecule has 18 heavy (non-hydrogen) atoms. The lowest BCUT2D eigenvalue weighted by molar-refractivity contribution is 0.602. The number of thioether (sulfide) groups is 1. The first-order valence-corrected chi connectivity index (χ1v) is 8.22. The highest BCUT2D eigenvalue weighted by Crippen LogP contribution is 2.33. The maximum absolute atomic E-state index is 4.47. The molecule has 0 aliphatic heterocycles. The number of thiazole rings is 1. The summed E-state index contributed by atoms with van der Waals surface area (Å²) < 4.78 is 2.13. The fourth-order valence-electron chi connectivity index (χ4n) is 2.46. The number of hydrogen-bond donors (Lipinski definition) is 1. The molecule has 0 bridgehead atoms. The fourth-order valence-corrected chi connectivity index (χ4v) is 3.92. The molecule has 2 aromatic heterocycles. The van der Waals surface area contributed by atoms with Gasteiger partial charge in [-0.2, -0.15) is 0 Å². The maximum atomic E-state index is 4.47. The first kappa shape index (κ1) is 12.2. The smallest absolute Gasteiger partial charge is 0.176 e. The average Bonchev–Trinajstić information content (AvgIpc) is 2.96. The first-order chi connectivity index (χ1) is 8.76. The van der Waals surface area contributed by atoms with E-state index >= 15 is 0 Å². The van der Waals surface area contributed by atoms with Gasteiger partial charge in [0, 0.05) is 6.04 Å². The molecular formula is C12H16N4S2. The zero-order valence-corrected chi connectivity index (χ0v) is 12.1. The highest BCUT2D eigenvalue weighted by atomic mass is 32.2. The van der Waals surface area contributed by atoms with Crippen LogP contribution in [0.25, 0.3) is 10.3 Å². The third-order valence-corrected chi connectivity index (χ3v) is 5.42. The van der Waals surface area contributed by atoms with Crippen LogP contribution < -0.4 is 5.32 Å². The monoisotopic (exact) mass is 280 g/mol. The lowest BCUT2D eigenvalue weighted by Crippen LogP contribution is -2.16. The normalized spacial score (nSPS) is 23.7. The summed E-state index contributed by atoms with van der Waals surface area (Å²) in [5, 5.41) is 3.56. The second-order valence-electron chi connectivity index (χ2n) is 4.82. The number of fused-ring (bicyclic) bond motifs is 1. The molecule has 2 heterocycles. The number of nitrogens with zero attached hydrogens (tertiary/aromatic N) is 3. The molecule has 3 rings (SSSR count). The topological polar surface area (TPSA) is 50.7 Å². The zero-order valence-electron chi connectivity index (χ0n) is 10.5. The van der Waals surface area contributed by atoms with Crippen molar-refractivity contribution in [3.8, 4) is 0 Å². The predicted octanol–water partition coefficient (Wildman–Crippen LogP) is 3.41. The van der Waals surface area contributed by atoms with Gasteiger partial charge in [0.1, 0.15) is 16.8 Å². The highest BCUT2D eigenvalue weighted by molar-refractivity contribution is 8.00. The Hall–Kier alpha value is -0.880. The van der Waals surface area contributed by atoms with Gasteiger partial charge in [0.05, 0.1) is 0 Å². The van der Waals surface area contributed by atoms with Crippen molar-refractivity contribution < 1.29 is 0 Å². The van der Waals surface area contributed by atoms with E-state index in [0.29, 0.717) is 6.04 Å². The van der Waals surface area contributed by atoms with Crippen molar-refractivity contribution in [2.75, 3.05) is 11.6 Å². The summed E-state index contributed by atoms with van der Waals surface area (Å²) in [6, 6.07) is 0.554. The van der Waals surface area contributed by atoms with E-state index in [1.165, 1.54) is 19.3 Å². The van der Waals surface area contributed by atoms with Crippen LogP contribution in [0.4, 0.5) is 5.82 Å². The van der Waals surface area contributed by atoms with Crippen LogP contribution in [-0.2, 0) is 0 Å². The molecule has 1 aliphatic carbocycles. The van der Waals surface area contributed by atoms with Crippen molar-refractivity contribution in [2.24, 2.45) is 5.92 Å². The average molecular weight is 280 g/mol. The molecular weight excluding hydrogens is 264 g/mol. The highest BCUT2D eigenvalue weighted by Gasteiger charge is 2.22. The summed E-state index contributed by atoms with van der Waals surface area (Å²) in [5.74, 6) is 1.78. The standard InChI is InChI=1S/C12H16N4S2/c1-7-3-4-8(5-7)15-10-9-11(14-6-13-10)16-12(17-2)18-9/h6-8H,3-5H2,1-2H3,(H,13,14,15). The minimum absolute atomic E-state index is 0.554. The summed E-state index contributed by atoms with van der Waals surface area (Å²) in [6.07, 6.45) is 7.43. The van der Waals surface area contributed by atoms with Crippen LogP contribution >= 0.6 is 23.1 Å². The van der Waals surface area contributed by atoms with Crippen LogP contribution in [0.2, 0.25) is 0 Å². The van der Waals surface area contributed by atoms with Gasteiger partial charge in [-0.05, 0) is 31.4 Å². The van der Waals surface area contributed by atoms with E-state index in [1.54, 1.807) is 29.4 Å². The van der Waals surface area contributed by atoms with E-state index in [9.17, 15) is 0 Å². The third-order valence-electron chi connectivity index (χ3n) is 3.38. The lowest BCUT2D eigenvalue weighted by atomic mass is 10.1. The molecule has 2 atom stereocenters. The van der Waals surface area contributed by atoms with Gasteiger partial charge in [-0.1, -0.05) is 18.7 Å². The fraction of sp³-hybridized carbons (Fsp3) is 0.583. The van der Waals surface area contributed by atoms with Gasteiger partial charge in [0.15, 0.2) is 9.99 Å². The van der Waals surface area contributed by atoms with Crippen LogP contribution in [-0.4, -0.2) is 27.2 Å². The van der Waals surface area contributed by atoms with Crippen molar-refractivity contribution in [3.05, 3.63) is 6.33 Å². The molecule has 1 saturated carbocycles. The Morgan fingerprint density at radius 2 is 2.28 bits per heavy atom. The van der Waals surface area contributed by atoms with Crippen molar-refractivity contribution >= 4 is 39.3 Å². The zero-order chi connectivity index (χ0) is 12.5. The second kappa shape index (κ2) is 5.01. The number of nitrogens with one attached hydrogen (secondary N) is 1. The Balaban J connectivity index is 1.89. The van der Waals surface area contributed by atoms with Gasteiger partial charge in [-0.15, -0.1) is 11.3 Å². The molecule has 1 fully saturated rings. The Morgan fingerprint density at radius 1 is 1.39 bits per heavy atom. The van der Waals surface area contributed by atoms with Crippen molar-refractivity contribution in [1.82, 2.24) is 15.0 Å². The van der Waals surface area contributed by atoms with E-state index in [1.807, 2.05) is 6.26 Å². The molecule has 96 valence electrons. The third kappa shape index (κ3) is 2.31. The summed E-state index contributed by atoms with van der Waals surface area (Å²) in [4.78, 5) is 13.1. The maximum Gasteiger partial charge on any atom is 0.176 e. The lowest BCUT2D eigenvalue weighted by Gasteiger charge is -2.12. The Bertz CT molecular complexity index is 554. The number of anilines is 1. The largest absolute Gasteiger partial charge is 0.366 e. The van der Waals surface area contributed by atoms with Crippen LogP contribution in [0.1, 0.15) is 26.2 Å². The first-order valence-electron chi connectivity index (χ1n) is 6.18. The summed E-state index contributed by atoms with van der Waals surface area (Å²) in [7, 11) is 0. The minimum Gasteiger partial charge on any atom is -0.366 e. The molecule has 0 saturated heterocycles. The van der Waals surface area contributed by atoms with E-state index in [2.05, 4.69) is 27.2 Å². The van der Waals surface area contributed by atoms with Gasteiger partial charge in [-0.3, -0.25) is 0 Å². The van der Waals surface area contributed by atoms with Crippen molar-refractivity contribution in [1.29, 1.82) is 0 Å². The van der Waals surface area contributed by atoms with Crippen LogP contribution in [0.15, 0.2) is 10.7 Å². The van der Waals surface area contributed by atoms with Gasteiger partial charge >= 0.3 is 0 Å². The van der Waals surface area contributed by atoms with Crippen LogP contribution in [0.5, 0.6) is 0 Å². The minimum atomic E-state index is 0.554. The Kier molecular flexibility index (Phi) is 3.39. The Labute approximate surface area is 115 Å². The number of hydrogen-bond acceptors (Lipinski definition) is 6. The summed E-state index contributed by atoms with van der Waals surface area (Å²) >= 11 is 3.33. The molecule has 4 nitrogen and oxygen atoms in total. The van der Waals surface area contributed by atoms with E-state index in [0.717, 1.165) is 26.4 Å². The molecule has 0 spiro atoms. The van der Waals surface area contributed by atoms with E-state index in [-0.39, 0.29) is 0 Å². The molecule has 0 amide bonds. The second-order valence-corrected chi connectivity index (χ2v) is 6.87. The van der Waals surface area contributed by atoms with Crippen molar-refractivity contribution in [2.45, 2.75) is 36.6 Å². The summed E-state index contributed by atoms with van der Waals surface area (Å²) in [5.41, 5.74) is 0.813. The molecule has 0 radical (unpaired) electrons. The summed E-state index contributed by atoms with van der Waals surface area (Å²) in [6.45, 7) is 2.32. The molecule has 2 unspecified atom stereocenters. The Morgan fingerprint density at radius 3 is 3.00 bits per heavy atom. The van der Waals surface area contributed by atoms with E-state index < -0.39 is 0 Å². The SMILES string of the molecule is CSc1nc2ncnc(NC3CCC(C)C3)c2s1. The predicted molar refractivity (Wildman–Crippen MR) is 77.4 cm³/mol. The van der Waals surface area contributed by atoms with Gasteiger partial charge < -0.3 is 5.32 Å². The van der Waals surface area contributed by atoms with Gasteiger partial charge in [0.2, 0.25) is 0 Å². The van der Waals surface area contributed by atoms with Gasteiger partial charge in [0.25, 0.3) is 0 Å². The van der Waals surface area contributed by atoms with Gasteiger partial charge in [-0.25, -0.2) is 15.0 Å². The van der Waals surface area contributed by atoms with Crippen LogP contribution in [0.3, 0.4) is 0 Å². The molecule has 1 N–H and O–H groups in total. The number of rotatable bonds is 3. The van der Waals surface area contributed by atoms with E-state index in [4.69, 9.17) is 0 Å². The molecule has 6 heteroatoms.